The number of nitriles is 1. The molecule has 0 saturated heterocycles. The topological polar surface area (TPSA) is 86.0 Å². The van der Waals surface area contributed by atoms with Crippen molar-refractivity contribution in [3.63, 3.8) is 0 Å². The number of carbonyl (C=O) groups is 1. The monoisotopic (exact) mass is 384 g/mol. The molecule has 7 heteroatoms. The van der Waals surface area contributed by atoms with Gasteiger partial charge in [0.05, 0.1) is 11.3 Å². The molecule has 1 aliphatic rings. The van der Waals surface area contributed by atoms with E-state index in [9.17, 15) is 10.1 Å². The molecule has 0 saturated carbocycles. The van der Waals surface area contributed by atoms with Crippen LogP contribution in [0.5, 0.6) is 0 Å². The smallest absolute Gasteiger partial charge is 0.261 e. The van der Waals surface area contributed by atoms with Gasteiger partial charge in [0.2, 0.25) is 0 Å². The van der Waals surface area contributed by atoms with Crippen LogP contribution in [0.4, 0.5) is 17.3 Å². The van der Waals surface area contributed by atoms with Crippen molar-refractivity contribution < 1.29 is 4.79 Å². The third kappa shape index (κ3) is 3.41. The van der Waals surface area contributed by atoms with E-state index in [4.69, 9.17) is 0 Å². The van der Waals surface area contributed by atoms with Crippen LogP contribution in [0, 0.1) is 11.3 Å². The van der Waals surface area contributed by atoms with Crippen LogP contribution in [0.2, 0.25) is 0 Å². The van der Waals surface area contributed by atoms with Crippen LogP contribution in [0.15, 0.2) is 48.9 Å². The summed E-state index contributed by atoms with van der Waals surface area (Å²) < 4.78 is 0. The summed E-state index contributed by atoms with van der Waals surface area (Å²) in [6, 6.07) is 11.4. The number of hydrogen-bond donors (Lipinski definition) is 0. The quantitative estimate of drug-likeness (QED) is 0.686. The maximum absolute atomic E-state index is 13.2. The highest BCUT2D eigenvalue weighted by molar-refractivity contribution is 6.12. The van der Waals surface area contributed by atoms with Crippen LogP contribution < -0.4 is 9.80 Å². The molecular formula is C22H20N6O. The predicted molar refractivity (Wildman–Crippen MR) is 110 cm³/mol. The number of rotatable bonds is 4. The van der Waals surface area contributed by atoms with Crippen molar-refractivity contribution in [2.45, 2.75) is 19.8 Å². The standard InChI is InChI=1S/C22H20N6O/c1-3-28-20-18(12-16(14-25-20)5-4-15-8-10-24-11-9-15)22(29)27(2)19-7-6-17(13-23)26-21(19)28/h6-12,14H,3-5H2,1-2H3. The Morgan fingerprint density at radius 1 is 1.07 bits per heavy atom. The van der Waals surface area contributed by atoms with Gasteiger partial charge >= 0.3 is 0 Å². The average Bonchev–Trinajstić information content (AvgIpc) is 2.86. The molecule has 0 aliphatic carbocycles. The largest absolute Gasteiger partial charge is 0.309 e. The van der Waals surface area contributed by atoms with E-state index >= 15 is 0 Å². The lowest BCUT2D eigenvalue weighted by atomic mass is 10.0. The molecule has 1 amide bonds. The van der Waals surface area contributed by atoms with Gasteiger partial charge in [-0.25, -0.2) is 9.97 Å². The van der Waals surface area contributed by atoms with Crippen molar-refractivity contribution in [3.05, 3.63) is 71.3 Å². The lowest BCUT2D eigenvalue weighted by Gasteiger charge is -2.23. The maximum Gasteiger partial charge on any atom is 0.261 e. The van der Waals surface area contributed by atoms with Crippen molar-refractivity contribution in [1.29, 1.82) is 5.26 Å². The lowest BCUT2D eigenvalue weighted by Crippen LogP contribution is -2.25. The summed E-state index contributed by atoms with van der Waals surface area (Å²) in [5.41, 5.74) is 3.69. The minimum atomic E-state index is -0.137. The van der Waals surface area contributed by atoms with E-state index in [2.05, 4.69) is 21.0 Å². The second-order valence-corrected chi connectivity index (χ2v) is 6.83. The molecule has 0 radical (unpaired) electrons. The van der Waals surface area contributed by atoms with Gasteiger partial charge in [-0.05, 0) is 61.2 Å². The van der Waals surface area contributed by atoms with E-state index in [1.165, 1.54) is 5.56 Å². The molecule has 1 aliphatic heterocycles. The minimum Gasteiger partial charge on any atom is -0.309 e. The normalized spacial score (nSPS) is 12.8. The van der Waals surface area contributed by atoms with Crippen LogP contribution in [-0.4, -0.2) is 34.5 Å². The third-order valence-electron chi connectivity index (χ3n) is 5.07. The van der Waals surface area contributed by atoms with Gasteiger partial charge < -0.3 is 9.80 Å². The molecule has 7 nitrogen and oxygen atoms in total. The van der Waals surface area contributed by atoms with Crippen LogP contribution in [0.1, 0.15) is 34.1 Å². The summed E-state index contributed by atoms with van der Waals surface area (Å²) in [7, 11) is 1.72. The lowest BCUT2D eigenvalue weighted by molar-refractivity contribution is 0.0994. The van der Waals surface area contributed by atoms with Gasteiger partial charge in [0.1, 0.15) is 17.6 Å². The summed E-state index contributed by atoms with van der Waals surface area (Å²) in [5, 5.41) is 9.24. The molecule has 0 spiro atoms. The Kier molecular flexibility index (Phi) is 4.92. The van der Waals surface area contributed by atoms with E-state index in [0.717, 1.165) is 18.4 Å². The van der Waals surface area contributed by atoms with E-state index in [1.54, 1.807) is 36.5 Å². The Balaban J connectivity index is 1.74. The van der Waals surface area contributed by atoms with Crippen molar-refractivity contribution in [1.82, 2.24) is 15.0 Å². The number of anilines is 3. The van der Waals surface area contributed by atoms with E-state index < -0.39 is 0 Å². The Bertz CT molecular complexity index is 1110. The molecule has 4 heterocycles. The molecule has 29 heavy (non-hydrogen) atoms. The first-order valence-corrected chi connectivity index (χ1v) is 9.47. The number of fused-ring (bicyclic) bond motifs is 2. The first-order valence-electron chi connectivity index (χ1n) is 9.47. The number of nitrogens with zero attached hydrogens (tertiary/aromatic N) is 6. The van der Waals surface area contributed by atoms with Crippen LogP contribution in [0.3, 0.4) is 0 Å². The summed E-state index contributed by atoms with van der Waals surface area (Å²) in [5.74, 6) is 0.999. The zero-order valence-electron chi connectivity index (χ0n) is 16.3. The summed E-state index contributed by atoms with van der Waals surface area (Å²) in [4.78, 5) is 29.8. The van der Waals surface area contributed by atoms with Gasteiger partial charge in [-0.15, -0.1) is 0 Å². The van der Waals surface area contributed by atoms with Crippen molar-refractivity contribution >= 4 is 23.2 Å². The highest BCUT2D eigenvalue weighted by atomic mass is 16.2. The number of aryl methyl sites for hydroxylation is 2. The number of aromatic nitrogens is 3. The number of amides is 1. The molecule has 3 aromatic rings. The molecule has 0 fully saturated rings. The predicted octanol–water partition coefficient (Wildman–Crippen LogP) is 3.28. The first kappa shape index (κ1) is 18.6. The number of carbonyl (C=O) groups excluding carboxylic acids is 1. The van der Waals surface area contributed by atoms with Gasteiger partial charge in [-0.2, -0.15) is 5.26 Å². The van der Waals surface area contributed by atoms with Gasteiger partial charge in [-0.1, -0.05) is 0 Å². The summed E-state index contributed by atoms with van der Waals surface area (Å²) in [6.07, 6.45) is 6.99. The van der Waals surface area contributed by atoms with E-state index in [0.29, 0.717) is 35.1 Å². The first-order chi connectivity index (χ1) is 14.1. The summed E-state index contributed by atoms with van der Waals surface area (Å²) >= 11 is 0. The fourth-order valence-corrected chi connectivity index (χ4v) is 3.50. The second kappa shape index (κ2) is 7.68. The van der Waals surface area contributed by atoms with Crippen LogP contribution in [0.25, 0.3) is 0 Å². The minimum absolute atomic E-state index is 0.137. The highest BCUT2D eigenvalue weighted by Crippen LogP contribution is 2.38. The second-order valence-electron chi connectivity index (χ2n) is 6.83. The van der Waals surface area contributed by atoms with Gasteiger partial charge in [-0.3, -0.25) is 9.78 Å². The number of hydrogen-bond acceptors (Lipinski definition) is 6. The van der Waals surface area contributed by atoms with E-state index in [-0.39, 0.29) is 5.91 Å². The third-order valence-corrected chi connectivity index (χ3v) is 5.07. The number of pyridine rings is 3. The zero-order chi connectivity index (χ0) is 20.4. The van der Waals surface area contributed by atoms with Gasteiger partial charge in [0.15, 0.2) is 5.82 Å². The Hall–Kier alpha value is -3.79. The Labute approximate surface area is 169 Å². The molecule has 4 rings (SSSR count). The molecule has 0 N–H and O–H groups in total. The Morgan fingerprint density at radius 3 is 2.55 bits per heavy atom. The molecule has 0 unspecified atom stereocenters. The zero-order valence-corrected chi connectivity index (χ0v) is 16.3. The molecule has 3 aromatic heterocycles. The van der Waals surface area contributed by atoms with Crippen LogP contribution in [-0.2, 0) is 12.8 Å². The molecule has 144 valence electrons. The van der Waals surface area contributed by atoms with Gasteiger partial charge in [0.25, 0.3) is 5.91 Å². The summed E-state index contributed by atoms with van der Waals surface area (Å²) in [6.45, 7) is 2.55. The maximum atomic E-state index is 13.2. The molecule has 0 aromatic carbocycles. The Morgan fingerprint density at radius 2 is 1.83 bits per heavy atom. The molecule has 0 atom stereocenters. The SMILES string of the molecule is CCN1c2ncc(CCc3ccncc3)cc2C(=O)N(C)c2ccc(C#N)nc21. The molecular weight excluding hydrogens is 364 g/mol. The fourth-order valence-electron chi connectivity index (χ4n) is 3.50. The van der Waals surface area contributed by atoms with E-state index in [1.807, 2.05) is 36.2 Å². The fraction of sp³-hybridized carbons (Fsp3) is 0.227. The molecule has 0 bridgehead atoms. The average molecular weight is 384 g/mol. The highest BCUT2D eigenvalue weighted by Gasteiger charge is 2.31. The van der Waals surface area contributed by atoms with Crippen molar-refractivity contribution in [2.24, 2.45) is 0 Å². The van der Waals surface area contributed by atoms with Gasteiger partial charge in [0, 0.05) is 32.2 Å². The van der Waals surface area contributed by atoms with Crippen LogP contribution >= 0.6 is 0 Å². The van der Waals surface area contributed by atoms with Crippen molar-refractivity contribution in [2.75, 3.05) is 23.4 Å². The van der Waals surface area contributed by atoms with Crippen molar-refractivity contribution in [3.8, 4) is 6.07 Å².